The highest BCUT2D eigenvalue weighted by molar-refractivity contribution is 9.10. The van der Waals surface area contributed by atoms with Crippen LogP contribution in [0.15, 0.2) is 21.2 Å². The summed E-state index contributed by atoms with van der Waals surface area (Å²) >= 11 is 3.10. The summed E-state index contributed by atoms with van der Waals surface area (Å²) in [5, 5.41) is 0. The van der Waals surface area contributed by atoms with Gasteiger partial charge in [0.2, 0.25) is 0 Å². The van der Waals surface area contributed by atoms with E-state index in [1.807, 2.05) is 0 Å². The van der Waals surface area contributed by atoms with Crippen LogP contribution in [0.3, 0.4) is 0 Å². The van der Waals surface area contributed by atoms with Gasteiger partial charge in [-0.25, -0.2) is 0 Å². The third kappa shape index (κ3) is 4.70. The molecule has 1 heterocycles. The summed E-state index contributed by atoms with van der Waals surface area (Å²) in [6.45, 7) is 0. The molecule has 0 radical (unpaired) electrons. The Bertz CT molecular complexity index is 311. The van der Waals surface area contributed by atoms with Crippen LogP contribution in [0, 0.1) is 0 Å². The topological polar surface area (TPSA) is 39.2 Å². The molecular formula is C9H11BrF3NO. The van der Waals surface area contributed by atoms with Crippen molar-refractivity contribution in [1.82, 2.24) is 0 Å². The lowest BCUT2D eigenvalue weighted by atomic mass is 10.1. The predicted octanol–water partition coefficient (Wildman–Crippen LogP) is 3.77. The van der Waals surface area contributed by atoms with Crippen LogP contribution in [0.5, 0.6) is 0 Å². The summed E-state index contributed by atoms with van der Waals surface area (Å²) in [4.78, 5) is 0. The molecule has 0 fully saturated rings. The molecule has 0 bridgehead atoms. The highest BCUT2D eigenvalue weighted by atomic mass is 79.9. The molecule has 2 N–H and O–H groups in total. The van der Waals surface area contributed by atoms with Gasteiger partial charge < -0.3 is 10.2 Å². The van der Waals surface area contributed by atoms with Gasteiger partial charge in [0.1, 0.15) is 5.76 Å². The smallest absolute Gasteiger partial charge is 0.389 e. The molecule has 0 aliphatic rings. The Balaban J connectivity index is 2.34. The summed E-state index contributed by atoms with van der Waals surface area (Å²) in [5.41, 5.74) is 5.66. The van der Waals surface area contributed by atoms with Crippen molar-refractivity contribution in [1.29, 1.82) is 0 Å². The second kappa shape index (κ2) is 5.03. The number of halogens is 4. The van der Waals surface area contributed by atoms with Crippen molar-refractivity contribution in [2.24, 2.45) is 5.73 Å². The number of hydrogen-bond donors (Lipinski definition) is 1. The van der Waals surface area contributed by atoms with Crippen LogP contribution in [0.2, 0.25) is 0 Å². The molecule has 0 aliphatic carbocycles. The van der Waals surface area contributed by atoms with Crippen molar-refractivity contribution in [2.45, 2.75) is 31.5 Å². The van der Waals surface area contributed by atoms with E-state index in [2.05, 4.69) is 15.9 Å². The van der Waals surface area contributed by atoms with Gasteiger partial charge in [-0.1, -0.05) is 0 Å². The molecule has 1 rings (SSSR count). The number of rotatable bonds is 4. The van der Waals surface area contributed by atoms with E-state index >= 15 is 0 Å². The number of alkyl halides is 3. The Hall–Kier alpha value is -0.490. The Morgan fingerprint density at radius 3 is 2.53 bits per heavy atom. The van der Waals surface area contributed by atoms with E-state index in [1.165, 1.54) is 0 Å². The molecule has 1 atom stereocenters. The maximum atomic E-state index is 11.8. The lowest BCUT2D eigenvalue weighted by Gasteiger charge is -2.09. The minimum atomic E-state index is -4.11. The Labute approximate surface area is 93.8 Å². The van der Waals surface area contributed by atoms with Crippen LogP contribution in [0.1, 0.15) is 31.1 Å². The van der Waals surface area contributed by atoms with E-state index in [0.717, 1.165) is 0 Å². The van der Waals surface area contributed by atoms with Gasteiger partial charge in [0, 0.05) is 6.42 Å². The molecule has 6 heteroatoms. The standard InChI is InChI=1S/C9H11BrF3NO/c10-8-4-3-7(15-8)6(14)2-1-5-9(11,12)13/h3-4,6H,1-2,5,14H2. The van der Waals surface area contributed by atoms with Crippen molar-refractivity contribution >= 4 is 15.9 Å². The maximum absolute atomic E-state index is 11.8. The number of furan rings is 1. The summed E-state index contributed by atoms with van der Waals surface area (Å²) in [6.07, 6.45) is -4.63. The number of hydrogen-bond acceptors (Lipinski definition) is 2. The molecule has 1 aromatic heterocycles. The van der Waals surface area contributed by atoms with Crippen molar-refractivity contribution in [3.05, 3.63) is 22.6 Å². The summed E-state index contributed by atoms with van der Waals surface area (Å²) in [6, 6.07) is 2.85. The zero-order valence-electron chi connectivity index (χ0n) is 7.85. The summed E-state index contributed by atoms with van der Waals surface area (Å²) in [5.74, 6) is 0.504. The molecular weight excluding hydrogens is 275 g/mol. The first kappa shape index (κ1) is 12.6. The van der Waals surface area contributed by atoms with Gasteiger partial charge in [0.05, 0.1) is 6.04 Å². The fraction of sp³-hybridized carbons (Fsp3) is 0.556. The third-order valence-corrected chi connectivity index (χ3v) is 2.36. The van der Waals surface area contributed by atoms with Crippen molar-refractivity contribution in [2.75, 3.05) is 0 Å². The maximum Gasteiger partial charge on any atom is 0.389 e. The largest absolute Gasteiger partial charge is 0.453 e. The quantitative estimate of drug-likeness (QED) is 0.915. The molecule has 1 aromatic rings. The van der Waals surface area contributed by atoms with E-state index in [9.17, 15) is 13.2 Å². The first-order valence-electron chi connectivity index (χ1n) is 4.46. The van der Waals surface area contributed by atoms with E-state index < -0.39 is 18.6 Å². The van der Waals surface area contributed by atoms with Gasteiger partial charge >= 0.3 is 6.18 Å². The normalized spacial score (nSPS) is 14.2. The fourth-order valence-corrected chi connectivity index (χ4v) is 1.51. The molecule has 1 unspecified atom stereocenters. The lowest BCUT2D eigenvalue weighted by Crippen LogP contribution is -2.12. The molecule has 15 heavy (non-hydrogen) atoms. The van der Waals surface area contributed by atoms with Crippen molar-refractivity contribution < 1.29 is 17.6 Å². The average Bonchev–Trinajstić information content (AvgIpc) is 2.49. The second-order valence-corrected chi connectivity index (χ2v) is 4.04. The zero-order valence-corrected chi connectivity index (χ0v) is 9.44. The fourth-order valence-electron chi connectivity index (χ4n) is 1.19. The first-order valence-corrected chi connectivity index (χ1v) is 5.25. The number of nitrogens with two attached hydrogens (primary N) is 1. The van der Waals surface area contributed by atoms with Crippen LogP contribution >= 0.6 is 15.9 Å². The predicted molar refractivity (Wildman–Crippen MR) is 53.2 cm³/mol. The van der Waals surface area contributed by atoms with Gasteiger partial charge in [0.25, 0.3) is 0 Å². The van der Waals surface area contributed by atoms with E-state index in [1.54, 1.807) is 12.1 Å². The lowest BCUT2D eigenvalue weighted by molar-refractivity contribution is -0.135. The highest BCUT2D eigenvalue weighted by Gasteiger charge is 2.26. The summed E-state index contributed by atoms with van der Waals surface area (Å²) in [7, 11) is 0. The molecule has 86 valence electrons. The third-order valence-electron chi connectivity index (χ3n) is 1.93. The van der Waals surface area contributed by atoms with Gasteiger partial charge in [-0.05, 0) is 40.9 Å². The van der Waals surface area contributed by atoms with E-state index in [-0.39, 0.29) is 12.8 Å². The van der Waals surface area contributed by atoms with Crippen molar-refractivity contribution in [3.8, 4) is 0 Å². The van der Waals surface area contributed by atoms with Gasteiger partial charge in [-0.2, -0.15) is 13.2 Å². The minimum absolute atomic E-state index is 0.0169. The average molecular weight is 286 g/mol. The van der Waals surface area contributed by atoms with Crippen LogP contribution < -0.4 is 5.73 Å². The molecule has 0 saturated carbocycles. The van der Waals surface area contributed by atoms with Crippen LogP contribution in [-0.4, -0.2) is 6.18 Å². The monoisotopic (exact) mass is 285 g/mol. The summed E-state index contributed by atoms with van der Waals surface area (Å²) < 4.78 is 41.2. The van der Waals surface area contributed by atoms with Gasteiger partial charge in [-0.15, -0.1) is 0 Å². The van der Waals surface area contributed by atoms with Crippen LogP contribution in [0.4, 0.5) is 13.2 Å². The van der Waals surface area contributed by atoms with Gasteiger partial charge in [-0.3, -0.25) is 0 Å². The molecule has 2 nitrogen and oxygen atoms in total. The van der Waals surface area contributed by atoms with Crippen LogP contribution in [-0.2, 0) is 0 Å². The van der Waals surface area contributed by atoms with Crippen LogP contribution in [0.25, 0.3) is 0 Å². The highest BCUT2D eigenvalue weighted by Crippen LogP contribution is 2.26. The molecule has 0 amide bonds. The minimum Gasteiger partial charge on any atom is -0.453 e. The molecule has 0 spiro atoms. The SMILES string of the molecule is NC(CCCC(F)(F)F)c1ccc(Br)o1. The van der Waals surface area contributed by atoms with Crippen molar-refractivity contribution in [3.63, 3.8) is 0 Å². The van der Waals surface area contributed by atoms with E-state index in [4.69, 9.17) is 10.2 Å². The van der Waals surface area contributed by atoms with Gasteiger partial charge in [0.15, 0.2) is 4.67 Å². The Kier molecular flexibility index (Phi) is 4.21. The molecule has 0 aromatic carbocycles. The second-order valence-electron chi connectivity index (χ2n) is 3.26. The molecule has 0 aliphatic heterocycles. The zero-order chi connectivity index (χ0) is 11.5. The van der Waals surface area contributed by atoms with E-state index in [0.29, 0.717) is 10.4 Å². The first-order chi connectivity index (χ1) is 6.88. The molecule has 0 saturated heterocycles. The Morgan fingerprint density at radius 2 is 2.07 bits per heavy atom. The Morgan fingerprint density at radius 1 is 1.40 bits per heavy atom.